The van der Waals surface area contributed by atoms with Crippen LogP contribution in [0, 0.1) is 6.92 Å². The fraction of sp³-hybridized carbons (Fsp3) is 0.562. The van der Waals surface area contributed by atoms with Crippen LogP contribution in [0.25, 0.3) is 0 Å². The predicted molar refractivity (Wildman–Crippen MR) is 82.8 cm³/mol. The van der Waals surface area contributed by atoms with E-state index in [4.69, 9.17) is 4.74 Å². The molecule has 2 unspecified atom stereocenters. The number of urea groups is 1. The maximum absolute atomic E-state index is 12.0. The first kappa shape index (κ1) is 15.6. The van der Waals surface area contributed by atoms with E-state index in [2.05, 4.69) is 10.6 Å². The fourth-order valence-corrected chi connectivity index (χ4v) is 2.64. The van der Waals surface area contributed by atoms with Crippen molar-refractivity contribution < 1.29 is 14.6 Å². The molecule has 2 atom stereocenters. The molecule has 0 aromatic heterocycles. The summed E-state index contributed by atoms with van der Waals surface area (Å²) in [6.07, 6.45) is 3.22. The molecule has 1 saturated carbocycles. The van der Waals surface area contributed by atoms with Gasteiger partial charge in [-0.3, -0.25) is 0 Å². The third-order valence-electron chi connectivity index (χ3n) is 3.80. The SMILES string of the molecule is CCOc1ccc(NC(=O)NC2CCCCC2O)c(C)c1. The van der Waals surface area contributed by atoms with Gasteiger partial charge in [0.15, 0.2) is 0 Å². The summed E-state index contributed by atoms with van der Waals surface area (Å²) in [4.78, 5) is 12.0. The first-order chi connectivity index (χ1) is 10.1. The van der Waals surface area contributed by atoms with Gasteiger partial charge in [0.25, 0.3) is 0 Å². The average Bonchev–Trinajstić information content (AvgIpc) is 2.45. The molecule has 1 aromatic rings. The lowest BCUT2D eigenvalue weighted by atomic mass is 9.93. The molecule has 5 heteroatoms. The summed E-state index contributed by atoms with van der Waals surface area (Å²) in [5.74, 6) is 0.795. The summed E-state index contributed by atoms with van der Waals surface area (Å²) in [7, 11) is 0. The molecule has 0 aliphatic heterocycles. The lowest BCUT2D eigenvalue weighted by molar-refractivity contribution is 0.0955. The Bertz CT molecular complexity index is 490. The third-order valence-corrected chi connectivity index (χ3v) is 3.80. The number of amides is 2. The van der Waals surface area contributed by atoms with E-state index in [0.717, 1.165) is 42.7 Å². The fourth-order valence-electron chi connectivity index (χ4n) is 2.64. The molecular weight excluding hydrogens is 268 g/mol. The Morgan fingerprint density at radius 3 is 2.81 bits per heavy atom. The molecule has 0 radical (unpaired) electrons. The standard InChI is InChI=1S/C16H24N2O3/c1-3-21-12-8-9-13(11(2)10-12)17-16(20)18-14-6-4-5-7-15(14)19/h8-10,14-15,19H,3-7H2,1-2H3,(H2,17,18,20). The van der Waals surface area contributed by atoms with Crippen LogP contribution in [0.1, 0.15) is 38.2 Å². The Balaban J connectivity index is 1.93. The molecule has 0 saturated heterocycles. The minimum Gasteiger partial charge on any atom is -0.494 e. The number of rotatable bonds is 4. The van der Waals surface area contributed by atoms with E-state index in [-0.39, 0.29) is 12.1 Å². The Hall–Kier alpha value is -1.75. The number of aliphatic hydroxyl groups excluding tert-OH is 1. The third kappa shape index (κ3) is 4.36. The number of carbonyl (C=O) groups is 1. The zero-order valence-electron chi connectivity index (χ0n) is 12.7. The van der Waals surface area contributed by atoms with Crippen LogP contribution >= 0.6 is 0 Å². The number of benzene rings is 1. The van der Waals surface area contributed by atoms with Crippen LogP contribution in [0.3, 0.4) is 0 Å². The molecule has 0 bridgehead atoms. The molecular formula is C16H24N2O3. The summed E-state index contributed by atoms with van der Waals surface area (Å²) in [6, 6.07) is 5.14. The molecule has 0 spiro atoms. The normalized spacial score (nSPS) is 21.7. The zero-order valence-corrected chi connectivity index (χ0v) is 12.7. The van der Waals surface area contributed by atoms with E-state index in [1.165, 1.54) is 0 Å². The number of hydrogen-bond acceptors (Lipinski definition) is 3. The van der Waals surface area contributed by atoms with Gasteiger partial charge in [-0.25, -0.2) is 4.79 Å². The molecule has 1 aromatic carbocycles. The van der Waals surface area contributed by atoms with Crippen molar-refractivity contribution in [1.29, 1.82) is 0 Å². The Labute approximate surface area is 125 Å². The lowest BCUT2D eigenvalue weighted by Crippen LogP contribution is -2.46. The summed E-state index contributed by atoms with van der Waals surface area (Å²) in [5.41, 5.74) is 1.70. The summed E-state index contributed by atoms with van der Waals surface area (Å²) in [6.45, 7) is 4.48. The largest absolute Gasteiger partial charge is 0.494 e. The van der Waals surface area contributed by atoms with E-state index in [1.807, 2.05) is 32.0 Å². The van der Waals surface area contributed by atoms with Crippen LogP contribution in [0.5, 0.6) is 5.75 Å². The van der Waals surface area contributed by atoms with Crippen molar-refractivity contribution >= 4 is 11.7 Å². The van der Waals surface area contributed by atoms with Gasteiger partial charge in [-0.05, 0) is 50.5 Å². The van der Waals surface area contributed by atoms with E-state index in [1.54, 1.807) is 0 Å². The average molecular weight is 292 g/mol. The van der Waals surface area contributed by atoms with Crippen molar-refractivity contribution in [3.8, 4) is 5.75 Å². The van der Waals surface area contributed by atoms with E-state index in [9.17, 15) is 9.90 Å². The molecule has 1 aliphatic rings. The summed E-state index contributed by atoms with van der Waals surface area (Å²) in [5, 5.41) is 15.6. The Morgan fingerprint density at radius 2 is 2.14 bits per heavy atom. The van der Waals surface area contributed by atoms with Crippen LogP contribution in [0.4, 0.5) is 10.5 Å². The number of nitrogens with one attached hydrogen (secondary N) is 2. The monoisotopic (exact) mass is 292 g/mol. The van der Waals surface area contributed by atoms with Crippen LogP contribution in [-0.2, 0) is 0 Å². The maximum atomic E-state index is 12.0. The minimum atomic E-state index is -0.439. The molecule has 116 valence electrons. The minimum absolute atomic E-state index is 0.151. The topological polar surface area (TPSA) is 70.6 Å². The quantitative estimate of drug-likeness (QED) is 0.799. The zero-order chi connectivity index (χ0) is 15.2. The van der Waals surface area contributed by atoms with Crippen molar-refractivity contribution in [2.24, 2.45) is 0 Å². The molecule has 0 heterocycles. The molecule has 2 amide bonds. The summed E-state index contributed by atoms with van der Waals surface area (Å²) < 4.78 is 5.42. The van der Waals surface area contributed by atoms with Crippen LogP contribution in [0.15, 0.2) is 18.2 Å². The van der Waals surface area contributed by atoms with Gasteiger partial charge in [-0.1, -0.05) is 12.8 Å². The second-order valence-electron chi connectivity index (χ2n) is 5.47. The van der Waals surface area contributed by atoms with Gasteiger partial charge in [0.05, 0.1) is 18.8 Å². The van der Waals surface area contributed by atoms with E-state index >= 15 is 0 Å². The molecule has 21 heavy (non-hydrogen) atoms. The van der Waals surface area contributed by atoms with Gasteiger partial charge >= 0.3 is 6.03 Å². The van der Waals surface area contributed by atoms with Crippen LogP contribution in [0.2, 0.25) is 0 Å². The van der Waals surface area contributed by atoms with Crippen molar-refractivity contribution in [3.05, 3.63) is 23.8 Å². The lowest BCUT2D eigenvalue weighted by Gasteiger charge is -2.28. The molecule has 1 aliphatic carbocycles. The predicted octanol–water partition coefficient (Wildman–Crippen LogP) is 2.82. The number of aryl methyl sites for hydroxylation is 1. The van der Waals surface area contributed by atoms with Gasteiger partial charge in [0.1, 0.15) is 5.75 Å². The summed E-state index contributed by atoms with van der Waals surface area (Å²) >= 11 is 0. The van der Waals surface area contributed by atoms with Crippen molar-refractivity contribution in [3.63, 3.8) is 0 Å². The number of anilines is 1. The number of ether oxygens (including phenoxy) is 1. The highest BCUT2D eigenvalue weighted by atomic mass is 16.5. The number of carbonyl (C=O) groups excluding carboxylic acids is 1. The number of hydrogen-bond donors (Lipinski definition) is 3. The Kier molecular flexibility index (Phi) is 5.44. The highest BCUT2D eigenvalue weighted by molar-refractivity contribution is 5.90. The smallest absolute Gasteiger partial charge is 0.319 e. The van der Waals surface area contributed by atoms with Crippen molar-refractivity contribution in [2.75, 3.05) is 11.9 Å². The van der Waals surface area contributed by atoms with E-state index < -0.39 is 6.10 Å². The second kappa shape index (κ2) is 7.31. The van der Waals surface area contributed by atoms with Gasteiger partial charge in [0.2, 0.25) is 0 Å². The molecule has 3 N–H and O–H groups in total. The first-order valence-electron chi connectivity index (χ1n) is 7.59. The Morgan fingerprint density at radius 1 is 1.38 bits per heavy atom. The van der Waals surface area contributed by atoms with Crippen molar-refractivity contribution in [2.45, 2.75) is 51.7 Å². The van der Waals surface area contributed by atoms with Crippen LogP contribution in [-0.4, -0.2) is 29.9 Å². The van der Waals surface area contributed by atoms with Gasteiger partial charge in [0, 0.05) is 5.69 Å². The second-order valence-corrected chi connectivity index (χ2v) is 5.47. The number of aliphatic hydroxyl groups is 1. The van der Waals surface area contributed by atoms with Gasteiger partial charge in [-0.2, -0.15) is 0 Å². The maximum Gasteiger partial charge on any atom is 0.319 e. The van der Waals surface area contributed by atoms with E-state index in [0.29, 0.717) is 6.61 Å². The molecule has 5 nitrogen and oxygen atoms in total. The van der Waals surface area contributed by atoms with Crippen molar-refractivity contribution in [1.82, 2.24) is 5.32 Å². The first-order valence-corrected chi connectivity index (χ1v) is 7.59. The highest BCUT2D eigenvalue weighted by Crippen LogP contribution is 2.22. The van der Waals surface area contributed by atoms with Gasteiger partial charge in [-0.15, -0.1) is 0 Å². The van der Waals surface area contributed by atoms with Gasteiger partial charge < -0.3 is 20.5 Å². The van der Waals surface area contributed by atoms with Crippen LogP contribution < -0.4 is 15.4 Å². The highest BCUT2D eigenvalue weighted by Gasteiger charge is 2.24. The molecule has 1 fully saturated rings. The molecule has 2 rings (SSSR count).